The van der Waals surface area contributed by atoms with Gasteiger partial charge < -0.3 is 20.4 Å². The predicted molar refractivity (Wildman–Crippen MR) is 210 cm³/mol. The normalized spacial score (nSPS) is 35.8. The van der Waals surface area contributed by atoms with Crippen molar-refractivity contribution >= 4 is 50.3 Å². The summed E-state index contributed by atoms with van der Waals surface area (Å²) in [6, 6.07) is 23.7. The zero-order chi connectivity index (χ0) is 35.9. The third-order valence-corrected chi connectivity index (χ3v) is 16.6. The second-order valence-electron chi connectivity index (χ2n) is 16.8. The van der Waals surface area contributed by atoms with Crippen LogP contribution in [0.1, 0.15) is 73.3 Å². The summed E-state index contributed by atoms with van der Waals surface area (Å²) in [7, 11) is 0. The molecule has 2 aromatic heterocycles. The van der Waals surface area contributed by atoms with E-state index in [2.05, 4.69) is 67.0 Å². The molecule has 2 aromatic carbocycles. The van der Waals surface area contributed by atoms with Crippen LogP contribution >= 0.6 is 22.7 Å². The molecule has 1 unspecified atom stereocenters. The number of Topliss-reactive ketones (excluding diaryl/α,β-unsaturated/α-hetero) is 1. The third-order valence-electron chi connectivity index (χ3n) is 14.6. The smallest absolute Gasteiger partial charge is 0.321 e. The number of urea groups is 1. The van der Waals surface area contributed by atoms with Gasteiger partial charge in [0, 0.05) is 43.6 Å². The van der Waals surface area contributed by atoms with Crippen molar-refractivity contribution in [3.8, 4) is 0 Å². The number of thiophene rings is 2. The van der Waals surface area contributed by atoms with E-state index in [1.54, 1.807) is 22.7 Å². The summed E-state index contributed by atoms with van der Waals surface area (Å²) in [5.74, 6) is 0.326. The van der Waals surface area contributed by atoms with Gasteiger partial charge in [-0.3, -0.25) is 4.79 Å². The summed E-state index contributed by atoms with van der Waals surface area (Å²) < 4.78 is 1.10. The number of rotatable bonds is 8. The van der Waals surface area contributed by atoms with Crippen LogP contribution in [0.2, 0.25) is 0 Å². The molecule has 52 heavy (non-hydrogen) atoms. The molecule has 3 saturated carbocycles. The second-order valence-corrected chi connectivity index (χ2v) is 19.0. The number of carbonyl (C=O) groups excluding carboxylic acids is 2. The van der Waals surface area contributed by atoms with Gasteiger partial charge in [0.2, 0.25) is 0 Å². The van der Waals surface area contributed by atoms with Crippen LogP contribution in [0.25, 0.3) is 10.1 Å². The maximum absolute atomic E-state index is 15.1. The van der Waals surface area contributed by atoms with Gasteiger partial charge in [0.25, 0.3) is 0 Å². The molecule has 4 aromatic rings. The van der Waals surface area contributed by atoms with E-state index in [4.69, 9.17) is 0 Å². The van der Waals surface area contributed by atoms with E-state index < -0.39 is 22.5 Å². The zero-order valence-corrected chi connectivity index (χ0v) is 31.6. The lowest BCUT2D eigenvalue weighted by atomic mass is 9.32. The number of nitrogens with zero attached hydrogens (tertiary/aromatic N) is 1. The van der Waals surface area contributed by atoms with Crippen molar-refractivity contribution in [1.82, 2.24) is 4.90 Å². The van der Waals surface area contributed by atoms with E-state index >= 15 is 4.79 Å². The van der Waals surface area contributed by atoms with Crippen LogP contribution in [0.5, 0.6) is 0 Å². The minimum Gasteiger partial charge on any atom is -0.393 e. The maximum Gasteiger partial charge on any atom is 0.321 e. The Kier molecular flexibility index (Phi) is 8.05. The van der Waals surface area contributed by atoms with E-state index in [0.29, 0.717) is 25.8 Å². The number of fused-ring (bicyclic) bond motifs is 2. The van der Waals surface area contributed by atoms with Crippen molar-refractivity contribution < 1.29 is 19.8 Å². The van der Waals surface area contributed by atoms with E-state index in [1.807, 2.05) is 53.4 Å². The van der Waals surface area contributed by atoms with E-state index in [9.17, 15) is 15.0 Å². The van der Waals surface area contributed by atoms with Crippen molar-refractivity contribution in [1.29, 1.82) is 0 Å². The zero-order valence-electron chi connectivity index (χ0n) is 30.0. The largest absolute Gasteiger partial charge is 0.393 e. The van der Waals surface area contributed by atoms with E-state index in [1.165, 1.54) is 4.88 Å². The number of hydrogen-bond acceptors (Lipinski definition) is 6. The van der Waals surface area contributed by atoms with Crippen LogP contribution in [-0.4, -0.2) is 51.7 Å². The van der Waals surface area contributed by atoms with Gasteiger partial charge in [-0.05, 0) is 110 Å². The first-order valence-electron chi connectivity index (χ1n) is 19.0. The topological polar surface area (TPSA) is 89.9 Å². The number of amides is 2. The molecule has 2 bridgehead atoms. The number of allylic oxidation sites excluding steroid dienone is 4. The molecule has 0 radical (unpaired) electrons. The minimum absolute atomic E-state index is 0.0166. The molecule has 3 N–H and O–H groups in total. The maximum atomic E-state index is 15.1. The number of benzene rings is 2. The third kappa shape index (κ3) is 4.93. The Morgan fingerprint density at radius 1 is 0.904 bits per heavy atom. The fourth-order valence-corrected chi connectivity index (χ4v) is 13.5. The SMILES string of the molecule is C[C@]12CC[C@H]3[C@]4(C=C[C@@]5(C=C4C(=O)c4cc6ccccc6s4)CC(O)CC[C@]35C)[C@@H]1CC[C@@]2(O)CN(CCc1cccs1)C(=O)Nc1ccccc1. The molecule has 6 aliphatic carbocycles. The first-order chi connectivity index (χ1) is 25.0. The molecule has 0 saturated heterocycles. The average Bonchev–Trinajstić information content (AvgIpc) is 3.88. The highest BCUT2D eigenvalue weighted by Gasteiger charge is 2.74. The van der Waals surface area contributed by atoms with Gasteiger partial charge in [0.05, 0.1) is 23.1 Å². The number of para-hydroxylation sites is 1. The number of aliphatic hydroxyl groups excluding tert-OH is 1. The summed E-state index contributed by atoms with van der Waals surface area (Å²) in [5, 5.41) is 30.4. The number of carbonyl (C=O) groups is 2. The number of ketones is 1. The Hall–Kier alpha value is -3.56. The summed E-state index contributed by atoms with van der Waals surface area (Å²) >= 11 is 3.25. The Labute approximate surface area is 314 Å². The number of aliphatic hydroxyl groups is 2. The molecular weight excluding hydrogens is 685 g/mol. The molecule has 2 heterocycles. The van der Waals surface area contributed by atoms with Crippen LogP contribution < -0.4 is 5.32 Å². The highest BCUT2D eigenvalue weighted by Crippen LogP contribution is 2.78. The monoisotopic (exact) mass is 732 g/mol. The van der Waals surface area contributed by atoms with Crippen molar-refractivity contribution in [2.75, 3.05) is 18.4 Å². The van der Waals surface area contributed by atoms with Gasteiger partial charge >= 0.3 is 6.03 Å². The van der Waals surface area contributed by atoms with Gasteiger partial charge in [-0.1, -0.05) is 74.5 Å². The fraction of sp³-hybridized carbons (Fsp3) is 0.455. The Morgan fingerprint density at radius 3 is 2.44 bits per heavy atom. The molecule has 0 aliphatic heterocycles. The van der Waals surface area contributed by atoms with E-state index in [0.717, 1.165) is 58.3 Å². The lowest BCUT2D eigenvalue weighted by molar-refractivity contribution is -0.174. The Morgan fingerprint density at radius 2 is 1.65 bits per heavy atom. The molecule has 6 nitrogen and oxygen atoms in total. The summed E-state index contributed by atoms with van der Waals surface area (Å²) in [5.41, 5.74) is -1.11. The highest BCUT2D eigenvalue weighted by molar-refractivity contribution is 7.21. The highest BCUT2D eigenvalue weighted by atomic mass is 32.1. The quantitative estimate of drug-likeness (QED) is 0.124. The fourth-order valence-electron chi connectivity index (χ4n) is 11.8. The van der Waals surface area contributed by atoms with Crippen molar-refractivity contribution in [3.63, 3.8) is 0 Å². The molecule has 10 rings (SSSR count). The van der Waals surface area contributed by atoms with Crippen molar-refractivity contribution in [2.24, 2.45) is 33.5 Å². The summed E-state index contributed by atoms with van der Waals surface area (Å²) in [6.45, 7) is 5.39. The standard InChI is InChI=1S/C44H48N2O4S2/c1-40-18-14-31(47)26-42(40)21-22-44(33(27-42)38(48)35-25-29-9-6-7-13-34(29)52-35)36(40)15-19-41(2)37(44)16-20-43(41,50)28-46(23-17-32-12-8-24-51-32)39(49)45-30-10-4-3-5-11-30/h3-13,21-22,24-25,27,31,36-37,47,50H,14-20,23,26,28H2,1-2H3,(H,45,49)/t31?,36-,37-,40-,41+,42+,43-,44-/m1/s1. The molecule has 6 aliphatic rings. The van der Waals surface area contributed by atoms with Gasteiger partial charge in [-0.15, -0.1) is 22.7 Å². The minimum atomic E-state index is -1.14. The van der Waals surface area contributed by atoms with Gasteiger partial charge in [0.15, 0.2) is 5.78 Å². The van der Waals surface area contributed by atoms with E-state index in [-0.39, 0.29) is 41.0 Å². The summed E-state index contributed by atoms with van der Waals surface area (Å²) in [6.07, 6.45) is 12.7. The number of anilines is 1. The molecule has 8 atom stereocenters. The van der Waals surface area contributed by atoms with Gasteiger partial charge in [-0.25, -0.2) is 4.79 Å². The summed E-state index contributed by atoms with van der Waals surface area (Å²) in [4.78, 5) is 32.9. The molecular formula is C44H48N2O4S2. The van der Waals surface area contributed by atoms with Crippen LogP contribution in [0.3, 0.4) is 0 Å². The van der Waals surface area contributed by atoms with Crippen LogP contribution in [0.15, 0.2) is 102 Å². The Bertz CT molecular complexity index is 2060. The number of nitrogens with one attached hydrogen (secondary N) is 1. The predicted octanol–water partition coefficient (Wildman–Crippen LogP) is 9.51. The van der Waals surface area contributed by atoms with Gasteiger partial charge in [0.1, 0.15) is 0 Å². The molecule has 8 heteroatoms. The lowest BCUT2D eigenvalue weighted by Crippen LogP contribution is -2.67. The van der Waals surface area contributed by atoms with Crippen molar-refractivity contribution in [3.05, 3.63) is 112 Å². The van der Waals surface area contributed by atoms with Crippen LogP contribution in [0.4, 0.5) is 10.5 Å². The van der Waals surface area contributed by atoms with Gasteiger partial charge in [-0.2, -0.15) is 0 Å². The van der Waals surface area contributed by atoms with Crippen LogP contribution in [-0.2, 0) is 6.42 Å². The molecule has 270 valence electrons. The first-order valence-corrected chi connectivity index (χ1v) is 20.7. The lowest BCUT2D eigenvalue weighted by Gasteiger charge is -2.71. The first kappa shape index (κ1) is 34.2. The van der Waals surface area contributed by atoms with Crippen molar-refractivity contribution in [2.45, 2.75) is 76.9 Å². The number of hydrogen-bond donors (Lipinski definition) is 3. The average molecular weight is 733 g/mol. The molecule has 2 amide bonds. The molecule has 3 fully saturated rings. The van der Waals surface area contributed by atoms with Crippen LogP contribution in [0, 0.1) is 33.5 Å². The Balaban J connectivity index is 1.10. The second kappa shape index (κ2) is 12.2. The molecule has 2 spiro atoms.